The van der Waals surface area contributed by atoms with Crippen LogP contribution in [0.3, 0.4) is 0 Å². The summed E-state index contributed by atoms with van der Waals surface area (Å²) in [4.78, 5) is 38.5. The molecule has 0 aromatic rings. The molecule has 9 nitrogen and oxygen atoms in total. The van der Waals surface area contributed by atoms with Crippen molar-refractivity contribution in [1.82, 2.24) is 0 Å². The van der Waals surface area contributed by atoms with Gasteiger partial charge in [0.2, 0.25) is 0 Å². The van der Waals surface area contributed by atoms with Crippen molar-refractivity contribution < 1.29 is 42.8 Å². The Bertz CT molecular complexity index is 1210. The Labute approximate surface area is 273 Å². The Morgan fingerprint density at radius 1 is 0.761 bits per heavy atom. The second kappa shape index (κ2) is 13.6. The normalized spacial score (nSPS) is 36.1. The molecule has 3 saturated heterocycles. The van der Waals surface area contributed by atoms with Crippen LogP contribution in [-0.4, -0.2) is 72.3 Å². The van der Waals surface area contributed by atoms with E-state index in [9.17, 15) is 14.4 Å². The standard InChI is InChI=1S/C37H52O9/c1-5-31(38)44-35(15-6-7-16-35)30-12-11-28(43-30)27-13-19-37(23-27,29-10-8-20-41-29)46-34(40)25(4)22-26-14-21-42-32(26)36(17-9-18-36)45-33(39)24(2)3/h5,26-30,32H,1-2,4,6-23H2,3H3. The lowest BCUT2D eigenvalue weighted by Crippen LogP contribution is -2.54. The molecule has 0 aromatic carbocycles. The lowest BCUT2D eigenvalue weighted by molar-refractivity contribution is -0.192. The first-order chi connectivity index (χ1) is 22.1. The molecular weight excluding hydrogens is 588 g/mol. The van der Waals surface area contributed by atoms with Gasteiger partial charge in [0.25, 0.3) is 0 Å². The molecule has 3 heterocycles. The molecule has 3 aliphatic heterocycles. The highest BCUT2D eigenvalue weighted by Gasteiger charge is 2.56. The summed E-state index contributed by atoms with van der Waals surface area (Å²) in [5.74, 6) is -0.927. The van der Waals surface area contributed by atoms with Gasteiger partial charge in [0.05, 0.1) is 18.3 Å². The smallest absolute Gasteiger partial charge is 0.334 e. The molecule has 0 bridgehead atoms. The molecule has 3 aliphatic carbocycles. The lowest BCUT2D eigenvalue weighted by Gasteiger charge is -2.46. The minimum atomic E-state index is -0.721. The summed E-state index contributed by atoms with van der Waals surface area (Å²) < 4.78 is 37.4. The van der Waals surface area contributed by atoms with Crippen molar-refractivity contribution in [2.45, 2.75) is 151 Å². The Morgan fingerprint density at radius 2 is 1.50 bits per heavy atom. The monoisotopic (exact) mass is 640 g/mol. The summed E-state index contributed by atoms with van der Waals surface area (Å²) in [6, 6.07) is 0. The van der Waals surface area contributed by atoms with Gasteiger partial charge in [-0.15, -0.1) is 0 Å². The molecule has 6 fully saturated rings. The van der Waals surface area contributed by atoms with E-state index in [1.165, 1.54) is 6.08 Å². The third-order valence-electron chi connectivity index (χ3n) is 11.8. The van der Waals surface area contributed by atoms with Crippen LogP contribution < -0.4 is 0 Å². The lowest BCUT2D eigenvalue weighted by atomic mass is 9.71. The molecule has 46 heavy (non-hydrogen) atoms. The maximum absolute atomic E-state index is 13.8. The molecule has 6 rings (SSSR count). The topological polar surface area (TPSA) is 107 Å². The number of rotatable bonds is 12. The minimum Gasteiger partial charge on any atom is -0.453 e. The third kappa shape index (κ3) is 6.48. The van der Waals surface area contributed by atoms with Gasteiger partial charge in [-0.2, -0.15) is 0 Å². The Morgan fingerprint density at radius 3 is 2.15 bits per heavy atom. The van der Waals surface area contributed by atoms with Gasteiger partial charge < -0.3 is 28.4 Å². The summed E-state index contributed by atoms with van der Waals surface area (Å²) in [5.41, 5.74) is -1.17. The van der Waals surface area contributed by atoms with Crippen LogP contribution in [0.2, 0.25) is 0 Å². The van der Waals surface area contributed by atoms with Gasteiger partial charge in [0, 0.05) is 30.4 Å². The van der Waals surface area contributed by atoms with Crippen LogP contribution in [0.1, 0.15) is 110 Å². The molecule has 0 spiro atoms. The van der Waals surface area contributed by atoms with Gasteiger partial charge in [0.15, 0.2) is 0 Å². The zero-order valence-electron chi connectivity index (χ0n) is 27.6. The maximum atomic E-state index is 13.8. The second-order valence-corrected chi connectivity index (χ2v) is 14.8. The Hall–Kier alpha value is -2.49. The van der Waals surface area contributed by atoms with Gasteiger partial charge in [0.1, 0.15) is 22.9 Å². The van der Waals surface area contributed by atoms with E-state index in [1.54, 1.807) is 6.92 Å². The van der Waals surface area contributed by atoms with E-state index in [-0.39, 0.29) is 48.2 Å². The van der Waals surface area contributed by atoms with Crippen LogP contribution in [0.25, 0.3) is 0 Å². The fraction of sp³-hybridized carbons (Fsp3) is 0.757. The van der Waals surface area contributed by atoms with E-state index in [0.29, 0.717) is 37.2 Å². The fourth-order valence-electron chi connectivity index (χ4n) is 9.26. The van der Waals surface area contributed by atoms with Crippen molar-refractivity contribution in [1.29, 1.82) is 0 Å². The van der Waals surface area contributed by atoms with E-state index in [4.69, 9.17) is 28.4 Å². The van der Waals surface area contributed by atoms with Crippen LogP contribution in [0.15, 0.2) is 37.0 Å². The molecule has 3 saturated carbocycles. The van der Waals surface area contributed by atoms with Gasteiger partial charge in [-0.1, -0.05) is 19.7 Å². The van der Waals surface area contributed by atoms with Crippen molar-refractivity contribution in [3.05, 3.63) is 37.0 Å². The van der Waals surface area contributed by atoms with Gasteiger partial charge >= 0.3 is 17.9 Å². The highest BCUT2D eigenvalue weighted by Crippen LogP contribution is 2.51. The summed E-state index contributed by atoms with van der Waals surface area (Å²) in [6.07, 6.45) is 13.9. The first-order valence-corrected chi connectivity index (χ1v) is 17.6. The zero-order chi connectivity index (χ0) is 32.5. The number of hydrogen-bond donors (Lipinski definition) is 0. The summed E-state index contributed by atoms with van der Waals surface area (Å²) >= 11 is 0. The first-order valence-electron chi connectivity index (χ1n) is 17.6. The van der Waals surface area contributed by atoms with Crippen LogP contribution >= 0.6 is 0 Å². The van der Waals surface area contributed by atoms with Crippen molar-refractivity contribution in [3.63, 3.8) is 0 Å². The third-order valence-corrected chi connectivity index (χ3v) is 11.8. The van der Waals surface area contributed by atoms with Crippen LogP contribution in [0.5, 0.6) is 0 Å². The number of hydrogen-bond acceptors (Lipinski definition) is 9. The molecular formula is C37H52O9. The van der Waals surface area contributed by atoms with E-state index in [0.717, 1.165) is 89.9 Å². The largest absolute Gasteiger partial charge is 0.453 e. The van der Waals surface area contributed by atoms with E-state index in [1.807, 2.05) is 0 Å². The maximum Gasteiger partial charge on any atom is 0.334 e. The van der Waals surface area contributed by atoms with E-state index >= 15 is 0 Å². The number of ether oxygens (including phenoxy) is 6. The summed E-state index contributed by atoms with van der Waals surface area (Å²) in [5, 5.41) is 0. The predicted molar refractivity (Wildman–Crippen MR) is 170 cm³/mol. The Balaban J connectivity index is 1.10. The summed E-state index contributed by atoms with van der Waals surface area (Å²) in [6.45, 7) is 14.4. The van der Waals surface area contributed by atoms with Crippen molar-refractivity contribution in [2.24, 2.45) is 11.8 Å². The van der Waals surface area contributed by atoms with Gasteiger partial charge in [-0.3, -0.25) is 0 Å². The molecule has 7 atom stereocenters. The summed E-state index contributed by atoms with van der Waals surface area (Å²) in [7, 11) is 0. The van der Waals surface area contributed by atoms with Crippen LogP contribution in [-0.2, 0) is 42.8 Å². The van der Waals surface area contributed by atoms with E-state index in [2.05, 4.69) is 19.7 Å². The van der Waals surface area contributed by atoms with Crippen molar-refractivity contribution in [2.75, 3.05) is 13.2 Å². The minimum absolute atomic E-state index is 0.00944. The molecule has 0 radical (unpaired) electrons. The average molecular weight is 641 g/mol. The molecule has 0 N–H and O–H groups in total. The van der Waals surface area contributed by atoms with Gasteiger partial charge in [-0.05, 0) is 121 Å². The Kier molecular flexibility index (Phi) is 9.85. The second-order valence-electron chi connectivity index (χ2n) is 14.8. The van der Waals surface area contributed by atoms with Gasteiger partial charge in [-0.25, -0.2) is 14.4 Å². The van der Waals surface area contributed by atoms with E-state index < -0.39 is 22.8 Å². The quantitative estimate of drug-likeness (QED) is 0.139. The number of esters is 3. The molecule has 6 aliphatic rings. The predicted octanol–water partition coefficient (Wildman–Crippen LogP) is 6.23. The fourth-order valence-corrected chi connectivity index (χ4v) is 9.26. The van der Waals surface area contributed by atoms with Crippen LogP contribution in [0.4, 0.5) is 0 Å². The SMILES string of the molecule is C=CC(=O)OC1(C2CCC(C3CCC(OC(=O)C(=C)CC4CCOC4C4(OC(=O)C(=C)C)CCC4)(C4CCCO4)C3)O2)CCCC1. The van der Waals surface area contributed by atoms with Crippen molar-refractivity contribution in [3.8, 4) is 0 Å². The molecule has 0 amide bonds. The number of carbonyl (C=O) groups is 3. The average Bonchev–Trinajstić information content (AvgIpc) is 3.85. The molecule has 7 unspecified atom stereocenters. The number of carbonyl (C=O) groups excluding carboxylic acids is 3. The molecule has 0 aromatic heterocycles. The van der Waals surface area contributed by atoms with Crippen molar-refractivity contribution >= 4 is 17.9 Å². The zero-order valence-corrected chi connectivity index (χ0v) is 27.6. The molecule has 9 heteroatoms. The first kappa shape index (κ1) is 33.4. The highest BCUT2D eigenvalue weighted by molar-refractivity contribution is 5.88. The molecule has 254 valence electrons. The van der Waals surface area contributed by atoms with Crippen LogP contribution in [0, 0.1) is 11.8 Å². The highest BCUT2D eigenvalue weighted by atomic mass is 16.6.